The average Bonchev–Trinajstić information content (AvgIpc) is 2.79. The Bertz CT molecular complexity index is 1210. The van der Waals surface area contributed by atoms with E-state index >= 15 is 0 Å². The number of hydrogen-bond acceptors (Lipinski definition) is 3. The molecule has 2 heterocycles. The Morgan fingerprint density at radius 2 is 1.52 bits per heavy atom. The summed E-state index contributed by atoms with van der Waals surface area (Å²) in [6.07, 6.45) is 5.20. The van der Waals surface area contributed by atoms with Crippen LogP contribution < -0.4 is 9.30 Å². The maximum absolute atomic E-state index is 12.1. The number of para-hydroxylation sites is 1. The summed E-state index contributed by atoms with van der Waals surface area (Å²) < 4.78 is 19.7. The second-order valence-electron chi connectivity index (χ2n) is 7.12. The fourth-order valence-corrected chi connectivity index (χ4v) is 3.81. The van der Waals surface area contributed by atoms with Gasteiger partial charge < -0.3 is 14.5 Å². The van der Waals surface area contributed by atoms with E-state index in [-0.39, 0.29) is 0 Å². The third-order valence-electron chi connectivity index (χ3n) is 5.02. The maximum atomic E-state index is 12.1. The summed E-state index contributed by atoms with van der Waals surface area (Å²) in [5.41, 5.74) is 2.09. The Labute approximate surface area is 180 Å². The van der Waals surface area contributed by atoms with E-state index in [9.17, 15) is 14.4 Å². The highest BCUT2D eigenvalue weighted by molar-refractivity contribution is 7.52. The lowest BCUT2D eigenvalue weighted by molar-refractivity contribution is -0.604. The first-order valence-electron chi connectivity index (χ1n) is 9.76. The summed E-state index contributed by atoms with van der Waals surface area (Å²) in [5, 5.41) is 0. The number of benzene rings is 2. The highest BCUT2D eigenvalue weighted by Crippen LogP contribution is 2.50. The van der Waals surface area contributed by atoms with Crippen LogP contribution in [0.1, 0.15) is 18.3 Å². The van der Waals surface area contributed by atoms with Gasteiger partial charge in [0.15, 0.2) is 6.20 Å². The Kier molecular flexibility index (Phi) is 5.96. The van der Waals surface area contributed by atoms with Crippen molar-refractivity contribution in [2.24, 2.45) is 0 Å². The standard InChI is InChI=1S/C24H21N2O4P/c1-18(31(27,28)29)24-17-20(19-11-14-25-15-12-19)13-16-26(24)21-7-9-23(10-8-21)30-22-5-3-2-4-6-22/h2-18H,1H3,(H-,27,28,29)/p+1. The van der Waals surface area contributed by atoms with Crippen molar-refractivity contribution >= 4 is 7.60 Å². The summed E-state index contributed by atoms with van der Waals surface area (Å²) in [5.74, 6) is 1.41. The summed E-state index contributed by atoms with van der Waals surface area (Å²) in [7, 11) is -4.35. The lowest BCUT2D eigenvalue weighted by atomic mass is 10.1. The Morgan fingerprint density at radius 1 is 0.871 bits per heavy atom. The van der Waals surface area contributed by atoms with Gasteiger partial charge in [-0.05, 0) is 54.4 Å². The number of aromatic nitrogens is 2. The van der Waals surface area contributed by atoms with E-state index in [4.69, 9.17) is 4.74 Å². The van der Waals surface area contributed by atoms with Gasteiger partial charge in [-0.1, -0.05) is 18.2 Å². The molecule has 4 rings (SSSR count). The molecule has 2 aromatic carbocycles. The van der Waals surface area contributed by atoms with E-state index in [0.717, 1.165) is 22.6 Å². The monoisotopic (exact) mass is 433 g/mol. The number of pyridine rings is 2. The molecule has 1 atom stereocenters. The molecular weight excluding hydrogens is 411 g/mol. The largest absolute Gasteiger partial charge is 0.457 e. The molecule has 0 radical (unpaired) electrons. The molecule has 0 amide bonds. The summed E-state index contributed by atoms with van der Waals surface area (Å²) >= 11 is 0. The van der Waals surface area contributed by atoms with Crippen LogP contribution in [-0.4, -0.2) is 14.8 Å². The lowest BCUT2D eigenvalue weighted by Crippen LogP contribution is -2.36. The number of hydrogen-bond donors (Lipinski definition) is 2. The molecule has 2 aromatic heterocycles. The molecule has 6 nitrogen and oxygen atoms in total. The van der Waals surface area contributed by atoms with Crippen molar-refractivity contribution in [1.29, 1.82) is 0 Å². The molecule has 0 fully saturated rings. The van der Waals surface area contributed by atoms with E-state index in [1.54, 1.807) is 17.0 Å². The van der Waals surface area contributed by atoms with Gasteiger partial charge in [-0.25, -0.2) is 0 Å². The van der Waals surface area contributed by atoms with E-state index < -0.39 is 13.3 Å². The van der Waals surface area contributed by atoms with Crippen LogP contribution in [0.2, 0.25) is 0 Å². The predicted molar refractivity (Wildman–Crippen MR) is 118 cm³/mol. The molecule has 7 heteroatoms. The van der Waals surface area contributed by atoms with Crippen LogP contribution in [0.4, 0.5) is 0 Å². The van der Waals surface area contributed by atoms with Crippen LogP contribution in [0.3, 0.4) is 0 Å². The topological polar surface area (TPSA) is 83.5 Å². The quantitative estimate of drug-likeness (QED) is 0.328. The third-order valence-corrected chi connectivity index (χ3v) is 6.30. The van der Waals surface area contributed by atoms with E-state index in [2.05, 4.69) is 4.98 Å². The Hall–Kier alpha value is -3.31. The van der Waals surface area contributed by atoms with Crippen LogP contribution in [0.25, 0.3) is 16.8 Å². The highest BCUT2D eigenvalue weighted by atomic mass is 31.2. The molecular formula is C24H22N2O4P+. The number of nitrogens with zero attached hydrogens (tertiary/aromatic N) is 2. The van der Waals surface area contributed by atoms with Crippen LogP contribution in [-0.2, 0) is 4.57 Å². The van der Waals surface area contributed by atoms with Gasteiger partial charge in [0, 0.05) is 36.7 Å². The van der Waals surface area contributed by atoms with E-state index in [0.29, 0.717) is 11.4 Å². The summed E-state index contributed by atoms with van der Waals surface area (Å²) in [4.78, 5) is 23.7. The molecule has 0 aliphatic heterocycles. The number of ether oxygens (including phenoxy) is 1. The Morgan fingerprint density at radius 3 is 2.16 bits per heavy atom. The van der Waals surface area contributed by atoms with E-state index in [1.807, 2.05) is 85.1 Å². The first kappa shape index (κ1) is 20.9. The second kappa shape index (κ2) is 8.82. The first-order chi connectivity index (χ1) is 14.9. The van der Waals surface area contributed by atoms with Gasteiger partial charge in [-0.15, -0.1) is 0 Å². The number of rotatable bonds is 6. The molecule has 0 bridgehead atoms. The van der Waals surface area contributed by atoms with Gasteiger partial charge in [0.25, 0.3) is 0 Å². The SMILES string of the molecule is CC(c1cc(-c2ccncc2)cc[n+]1-c1ccc(Oc2ccccc2)cc1)P(=O)(O)O. The summed E-state index contributed by atoms with van der Waals surface area (Å²) in [6.45, 7) is 1.54. The predicted octanol–water partition coefficient (Wildman–Crippen LogP) is 5.06. The van der Waals surface area contributed by atoms with Crippen LogP contribution in [0, 0.1) is 0 Å². The first-order valence-corrected chi connectivity index (χ1v) is 11.4. The molecule has 0 aliphatic carbocycles. The van der Waals surface area contributed by atoms with Crippen molar-refractivity contribution in [2.45, 2.75) is 12.6 Å². The zero-order valence-electron chi connectivity index (χ0n) is 16.9. The molecule has 0 saturated heterocycles. The normalized spacial score (nSPS) is 12.4. The van der Waals surface area contributed by atoms with Gasteiger partial charge in [0.2, 0.25) is 11.4 Å². The molecule has 1 unspecified atom stereocenters. The minimum absolute atomic E-state index is 0.513. The second-order valence-corrected chi connectivity index (χ2v) is 9.07. The van der Waals surface area contributed by atoms with Crippen molar-refractivity contribution in [3.8, 4) is 28.3 Å². The van der Waals surface area contributed by atoms with Gasteiger partial charge in [0.05, 0.1) is 0 Å². The minimum Gasteiger partial charge on any atom is -0.457 e. The molecule has 0 saturated carbocycles. The Balaban J connectivity index is 1.72. The molecule has 4 aromatic rings. The molecule has 0 spiro atoms. The zero-order chi connectivity index (χ0) is 21.8. The van der Waals surface area contributed by atoms with Gasteiger partial charge in [0.1, 0.15) is 17.2 Å². The van der Waals surface area contributed by atoms with Gasteiger partial charge in [-0.2, -0.15) is 4.57 Å². The fraction of sp³-hybridized carbons (Fsp3) is 0.0833. The lowest BCUT2D eigenvalue weighted by Gasteiger charge is -2.14. The smallest absolute Gasteiger partial charge is 0.338 e. The van der Waals surface area contributed by atoms with Gasteiger partial charge >= 0.3 is 7.60 Å². The van der Waals surface area contributed by atoms with E-state index in [1.165, 1.54) is 6.92 Å². The fourth-order valence-electron chi connectivity index (χ4n) is 3.27. The van der Waals surface area contributed by atoms with Crippen LogP contribution in [0.5, 0.6) is 11.5 Å². The van der Waals surface area contributed by atoms with Crippen LogP contribution >= 0.6 is 7.60 Å². The molecule has 0 aliphatic rings. The van der Waals surface area contributed by atoms with Gasteiger partial charge in [-0.3, -0.25) is 9.55 Å². The van der Waals surface area contributed by atoms with Crippen LogP contribution in [0.15, 0.2) is 97.5 Å². The minimum atomic E-state index is -4.35. The zero-order valence-corrected chi connectivity index (χ0v) is 17.8. The third kappa shape index (κ3) is 4.89. The van der Waals surface area contributed by atoms with Crippen molar-refractivity contribution in [3.63, 3.8) is 0 Å². The average molecular weight is 433 g/mol. The van der Waals surface area contributed by atoms with Crippen molar-refractivity contribution in [1.82, 2.24) is 4.98 Å². The molecule has 156 valence electrons. The highest BCUT2D eigenvalue weighted by Gasteiger charge is 2.34. The molecule has 2 N–H and O–H groups in total. The molecule has 31 heavy (non-hydrogen) atoms. The summed E-state index contributed by atoms with van der Waals surface area (Å²) in [6, 6.07) is 24.3. The maximum Gasteiger partial charge on any atom is 0.338 e. The van der Waals surface area contributed by atoms with Crippen molar-refractivity contribution < 1.29 is 23.7 Å². The van der Waals surface area contributed by atoms with Crippen molar-refractivity contribution in [3.05, 3.63) is 103 Å². The van der Waals surface area contributed by atoms with Crippen molar-refractivity contribution in [2.75, 3.05) is 0 Å².